The largest absolute Gasteiger partial charge is 0.460 e. The van der Waals surface area contributed by atoms with Gasteiger partial charge in [0.15, 0.2) is 0 Å². The summed E-state index contributed by atoms with van der Waals surface area (Å²) < 4.78 is 5.21. The minimum atomic E-state index is -0.392. The molecule has 0 aromatic heterocycles. The van der Waals surface area contributed by atoms with Crippen LogP contribution in [0.15, 0.2) is 30.3 Å². The van der Waals surface area contributed by atoms with Crippen LogP contribution in [0.4, 0.5) is 0 Å². The molecule has 3 heteroatoms. The van der Waals surface area contributed by atoms with Crippen molar-refractivity contribution in [1.82, 2.24) is 5.32 Å². The van der Waals surface area contributed by atoms with E-state index in [1.165, 1.54) is 5.56 Å². The molecule has 0 amide bonds. The number of hydrogen-bond acceptors (Lipinski definition) is 3. The predicted molar refractivity (Wildman–Crippen MR) is 68.6 cm³/mol. The van der Waals surface area contributed by atoms with Gasteiger partial charge in [0, 0.05) is 13.1 Å². The number of nitrogens with one attached hydrogen (secondary N) is 1. The maximum Gasteiger partial charge on any atom is 0.307 e. The van der Waals surface area contributed by atoms with Crippen LogP contribution >= 0.6 is 0 Å². The van der Waals surface area contributed by atoms with E-state index in [0.29, 0.717) is 13.0 Å². The van der Waals surface area contributed by atoms with Gasteiger partial charge in [0.25, 0.3) is 0 Å². The van der Waals surface area contributed by atoms with Crippen LogP contribution in [0, 0.1) is 0 Å². The summed E-state index contributed by atoms with van der Waals surface area (Å²) in [4.78, 5) is 11.4. The van der Waals surface area contributed by atoms with Crippen LogP contribution in [0.5, 0.6) is 0 Å². The second-order valence-electron chi connectivity index (χ2n) is 5.00. The van der Waals surface area contributed by atoms with E-state index in [1.54, 1.807) is 0 Å². The Hall–Kier alpha value is -1.35. The zero-order valence-electron chi connectivity index (χ0n) is 10.8. The third kappa shape index (κ3) is 6.74. The molecule has 1 N–H and O–H groups in total. The molecule has 0 aliphatic carbocycles. The van der Waals surface area contributed by atoms with Crippen LogP contribution in [0.25, 0.3) is 0 Å². The minimum absolute atomic E-state index is 0.155. The van der Waals surface area contributed by atoms with Crippen LogP contribution in [0.1, 0.15) is 32.8 Å². The van der Waals surface area contributed by atoms with Gasteiger partial charge in [-0.3, -0.25) is 4.79 Å². The van der Waals surface area contributed by atoms with Crippen molar-refractivity contribution in [1.29, 1.82) is 0 Å². The first-order valence-electron chi connectivity index (χ1n) is 5.94. The summed E-state index contributed by atoms with van der Waals surface area (Å²) in [5.41, 5.74) is 0.827. The van der Waals surface area contributed by atoms with Gasteiger partial charge in [-0.05, 0) is 26.3 Å². The normalized spacial score (nSPS) is 11.2. The van der Waals surface area contributed by atoms with Gasteiger partial charge >= 0.3 is 5.97 Å². The highest BCUT2D eigenvalue weighted by Gasteiger charge is 2.15. The summed E-state index contributed by atoms with van der Waals surface area (Å²) in [7, 11) is 0. The molecule has 94 valence electrons. The first-order chi connectivity index (χ1) is 7.97. The van der Waals surface area contributed by atoms with E-state index in [2.05, 4.69) is 17.4 Å². The molecule has 0 spiro atoms. The predicted octanol–water partition coefficient (Wildman–Crippen LogP) is 2.51. The summed E-state index contributed by atoms with van der Waals surface area (Å²) in [6.45, 7) is 7.06. The molecule has 0 atom stereocenters. The molecular weight excluding hydrogens is 214 g/mol. The molecule has 0 aliphatic rings. The fraction of sp³-hybridized carbons (Fsp3) is 0.500. The fourth-order valence-electron chi connectivity index (χ4n) is 1.41. The van der Waals surface area contributed by atoms with Crippen molar-refractivity contribution < 1.29 is 9.53 Å². The van der Waals surface area contributed by atoms with Crippen LogP contribution in [0.3, 0.4) is 0 Å². The van der Waals surface area contributed by atoms with Crippen LogP contribution in [0.2, 0.25) is 0 Å². The lowest BCUT2D eigenvalue weighted by Crippen LogP contribution is -2.26. The van der Waals surface area contributed by atoms with Crippen LogP contribution in [-0.2, 0) is 16.1 Å². The molecule has 0 aliphatic heterocycles. The molecule has 0 saturated heterocycles. The lowest BCUT2D eigenvalue weighted by molar-refractivity contribution is -0.154. The van der Waals surface area contributed by atoms with E-state index >= 15 is 0 Å². The maximum absolute atomic E-state index is 11.4. The summed E-state index contributed by atoms with van der Waals surface area (Å²) in [6.07, 6.45) is 0.407. The lowest BCUT2D eigenvalue weighted by atomic mass is 10.2. The van der Waals surface area contributed by atoms with Crippen molar-refractivity contribution in [3.05, 3.63) is 35.9 Å². The number of benzene rings is 1. The van der Waals surface area contributed by atoms with Gasteiger partial charge in [-0.1, -0.05) is 30.3 Å². The van der Waals surface area contributed by atoms with Crippen molar-refractivity contribution in [3.8, 4) is 0 Å². The van der Waals surface area contributed by atoms with Crippen molar-refractivity contribution in [3.63, 3.8) is 0 Å². The molecule has 1 rings (SSSR count). The molecular formula is C14H21NO2. The molecule has 1 aromatic carbocycles. The second-order valence-corrected chi connectivity index (χ2v) is 5.00. The van der Waals surface area contributed by atoms with E-state index in [9.17, 15) is 4.79 Å². The van der Waals surface area contributed by atoms with E-state index < -0.39 is 5.60 Å². The molecule has 0 radical (unpaired) electrons. The van der Waals surface area contributed by atoms with Crippen molar-refractivity contribution in [2.45, 2.75) is 39.3 Å². The Morgan fingerprint density at radius 1 is 1.24 bits per heavy atom. The second kappa shape index (κ2) is 6.40. The molecule has 0 fully saturated rings. The van der Waals surface area contributed by atoms with Gasteiger partial charge in [-0.2, -0.15) is 0 Å². The minimum Gasteiger partial charge on any atom is -0.460 e. The Bertz CT molecular complexity index is 341. The van der Waals surface area contributed by atoms with Gasteiger partial charge in [0.1, 0.15) is 5.60 Å². The lowest BCUT2D eigenvalue weighted by Gasteiger charge is -2.19. The highest BCUT2D eigenvalue weighted by molar-refractivity contribution is 5.70. The highest BCUT2D eigenvalue weighted by Crippen LogP contribution is 2.07. The monoisotopic (exact) mass is 235 g/mol. The molecule has 0 bridgehead atoms. The fourth-order valence-corrected chi connectivity index (χ4v) is 1.41. The standard InChI is InChI=1S/C14H21NO2/c1-14(2,3)17-13(16)9-10-15-11-12-7-5-4-6-8-12/h4-8,15H,9-11H2,1-3H3. The SMILES string of the molecule is CC(C)(C)OC(=O)CCNCc1ccccc1. The average Bonchev–Trinajstić information content (AvgIpc) is 2.23. The van der Waals surface area contributed by atoms with E-state index in [0.717, 1.165) is 6.54 Å². The molecule has 0 heterocycles. The summed E-state index contributed by atoms with van der Waals surface area (Å²) in [5, 5.41) is 3.22. The van der Waals surface area contributed by atoms with Gasteiger partial charge in [-0.25, -0.2) is 0 Å². The smallest absolute Gasteiger partial charge is 0.307 e. The van der Waals surface area contributed by atoms with E-state index in [4.69, 9.17) is 4.74 Å². The third-order valence-electron chi connectivity index (χ3n) is 2.10. The number of hydrogen-bond donors (Lipinski definition) is 1. The molecule has 0 saturated carbocycles. The first kappa shape index (κ1) is 13.7. The Balaban J connectivity index is 2.14. The van der Waals surface area contributed by atoms with Gasteiger partial charge in [0.2, 0.25) is 0 Å². The summed E-state index contributed by atoms with van der Waals surface area (Å²) in [5.74, 6) is -0.155. The van der Waals surface area contributed by atoms with Crippen LogP contribution in [-0.4, -0.2) is 18.1 Å². The zero-order valence-corrected chi connectivity index (χ0v) is 10.8. The van der Waals surface area contributed by atoms with Crippen LogP contribution < -0.4 is 5.32 Å². The number of ether oxygens (including phenoxy) is 1. The van der Waals surface area contributed by atoms with Crippen molar-refractivity contribution in [2.24, 2.45) is 0 Å². The topological polar surface area (TPSA) is 38.3 Å². The van der Waals surface area contributed by atoms with Gasteiger partial charge < -0.3 is 10.1 Å². The molecule has 3 nitrogen and oxygen atoms in total. The van der Waals surface area contributed by atoms with E-state index in [1.807, 2.05) is 39.0 Å². The average molecular weight is 235 g/mol. The third-order valence-corrected chi connectivity index (χ3v) is 2.10. The summed E-state index contributed by atoms with van der Waals surface area (Å²) in [6, 6.07) is 10.1. The number of rotatable bonds is 5. The molecule has 0 unspecified atom stereocenters. The highest BCUT2D eigenvalue weighted by atomic mass is 16.6. The number of carbonyl (C=O) groups excluding carboxylic acids is 1. The van der Waals surface area contributed by atoms with Gasteiger partial charge in [0.05, 0.1) is 6.42 Å². The van der Waals surface area contributed by atoms with E-state index in [-0.39, 0.29) is 5.97 Å². The zero-order chi connectivity index (χ0) is 12.7. The Morgan fingerprint density at radius 2 is 1.88 bits per heavy atom. The number of esters is 1. The van der Waals surface area contributed by atoms with Gasteiger partial charge in [-0.15, -0.1) is 0 Å². The molecule has 1 aromatic rings. The number of carbonyl (C=O) groups is 1. The first-order valence-corrected chi connectivity index (χ1v) is 5.94. The molecule has 17 heavy (non-hydrogen) atoms. The van der Waals surface area contributed by atoms with Crippen molar-refractivity contribution in [2.75, 3.05) is 6.54 Å². The Labute approximate surface area is 103 Å². The quantitative estimate of drug-likeness (QED) is 0.629. The van der Waals surface area contributed by atoms with Crippen molar-refractivity contribution >= 4 is 5.97 Å². The Kier molecular flexibility index (Phi) is 5.16. The summed E-state index contributed by atoms with van der Waals surface area (Å²) >= 11 is 0. The maximum atomic E-state index is 11.4. The Morgan fingerprint density at radius 3 is 2.47 bits per heavy atom.